The molecule has 0 aromatic carbocycles. The van der Waals surface area contributed by atoms with E-state index in [0.717, 1.165) is 4.47 Å². The molecule has 60 valence electrons. The molecule has 0 aliphatic heterocycles. The minimum absolute atomic E-state index is 0.378. The Morgan fingerprint density at radius 1 is 1.73 bits per heavy atom. The number of hydrogen-bond donors (Lipinski definition) is 2. The van der Waals surface area contributed by atoms with Crippen molar-refractivity contribution in [3.8, 4) is 0 Å². The van der Waals surface area contributed by atoms with Crippen molar-refractivity contribution < 1.29 is 5.11 Å². The molecule has 0 spiro atoms. The molecule has 1 heterocycles. The minimum Gasteiger partial charge on any atom is -0.389 e. The molecule has 0 bridgehead atoms. The second kappa shape index (κ2) is 3.19. The van der Waals surface area contributed by atoms with Crippen molar-refractivity contribution in [1.29, 1.82) is 0 Å². The SMILES string of the molecule is CC(O)c1cc(Br)cnc1N. The predicted octanol–water partition coefficient (Wildman–Crippen LogP) is 1.48. The van der Waals surface area contributed by atoms with Gasteiger partial charge in [-0.3, -0.25) is 0 Å². The van der Waals surface area contributed by atoms with Crippen LogP contribution < -0.4 is 5.73 Å². The van der Waals surface area contributed by atoms with Crippen LogP contribution in [0.15, 0.2) is 16.7 Å². The van der Waals surface area contributed by atoms with Gasteiger partial charge >= 0.3 is 0 Å². The van der Waals surface area contributed by atoms with Crippen LogP contribution in [0.4, 0.5) is 5.82 Å². The number of aliphatic hydroxyl groups is 1. The topological polar surface area (TPSA) is 59.1 Å². The summed E-state index contributed by atoms with van der Waals surface area (Å²) in [6.07, 6.45) is 1.03. The third kappa shape index (κ3) is 1.91. The van der Waals surface area contributed by atoms with E-state index in [1.165, 1.54) is 0 Å². The summed E-state index contributed by atoms with van der Waals surface area (Å²) in [5, 5.41) is 9.19. The Balaban J connectivity index is 3.13. The molecule has 0 radical (unpaired) electrons. The first-order chi connectivity index (χ1) is 5.11. The van der Waals surface area contributed by atoms with Gasteiger partial charge in [-0.05, 0) is 28.9 Å². The summed E-state index contributed by atoms with van der Waals surface area (Å²) >= 11 is 3.24. The van der Waals surface area contributed by atoms with Crippen molar-refractivity contribution in [2.75, 3.05) is 5.73 Å². The highest BCUT2D eigenvalue weighted by molar-refractivity contribution is 9.10. The molecular formula is C7H9BrN2O. The average Bonchev–Trinajstić information content (AvgIpc) is 1.94. The van der Waals surface area contributed by atoms with Crippen LogP contribution in [-0.2, 0) is 0 Å². The Morgan fingerprint density at radius 3 is 2.82 bits per heavy atom. The van der Waals surface area contributed by atoms with Gasteiger partial charge in [-0.15, -0.1) is 0 Å². The number of nitrogens with two attached hydrogens (primary N) is 1. The quantitative estimate of drug-likeness (QED) is 0.748. The molecular weight excluding hydrogens is 208 g/mol. The number of hydrogen-bond acceptors (Lipinski definition) is 3. The number of aromatic nitrogens is 1. The second-order valence-electron chi connectivity index (χ2n) is 2.30. The summed E-state index contributed by atoms with van der Waals surface area (Å²) in [5.41, 5.74) is 6.15. The van der Waals surface area contributed by atoms with E-state index >= 15 is 0 Å². The van der Waals surface area contributed by atoms with Crippen LogP contribution in [0.25, 0.3) is 0 Å². The maximum absolute atomic E-state index is 9.19. The molecule has 1 atom stereocenters. The number of pyridine rings is 1. The normalized spacial score (nSPS) is 13.0. The Kier molecular flexibility index (Phi) is 2.46. The van der Waals surface area contributed by atoms with Crippen LogP contribution in [0.3, 0.4) is 0 Å². The highest BCUT2D eigenvalue weighted by Crippen LogP contribution is 2.21. The summed E-state index contributed by atoms with van der Waals surface area (Å²) in [4.78, 5) is 3.87. The van der Waals surface area contributed by atoms with E-state index < -0.39 is 6.10 Å². The standard InChI is InChI=1S/C7H9BrN2O/c1-4(11)6-2-5(8)3-10-7(6)9/h2-4,11H,1H3,(H2,9,10). The Hall–Kier alpha value is -0.610. The zero-order chi connectivity index (χ0) is 8.43. The monoisotopic (exact) mass is 216 g/mol. The van der Waals surface area contributed by atoms with E-state index in [1.54, 1.807) is 19.2 Å². The number of nitrogens with zero attached hydrogens (tertiary/aromatic N) is 1. The number of anilines is 1. The summed E-state index contributed by atoms with van der Waals surface area (Å²) in [7, 11) is 0. The van der Waals surface area contributed by atoms with Gasteiger partial charge in [0.25, 0.3) is 0 Å². The molecule has 1 unspecified atom stereocenters. The fourth-order valence-corrected chi connectivity index (χ4v) is 1.15. The van der Waals surface area contributed by atoms with Crippen molar-refractivity contribution in [1.82, 2.24) is 4.98 Å². The summed E-state index contributed by atoms with van der Waals surface area (Å²) in [6, 6.07) is 1.76. The smallest absolute Gasteiger partial charge is 0.129 e. The van der Waals surface area contributed by atoms with Crippen LogP contribution >= 0.6 is 15.9 Å². The zero-order valence-electron chi connectivity index (χ0n) is 6.08. The van der Waals surface area contributed by atoms with Gasteiger partial charge < -0.3 is 10.8 Å². The highest BCUT2D eigenvalue weighted by atomic mass is 79.9. The highest BCUT2D eigenvalue weighted by Gasteiger charge is 2.06. The lowest BCUT2D eigenvalue weighted by Crippen LogP contribution is -2.00. The van der Waals surface area contributed by atoms with Gasteiger partial charge in [0.1, 0.15) is 5.82 Å². The molecule has 1 aromatic heterocycles. The predicted molar refractivity (Wildman–Crippen MR) is 47.0 cm³/mol. The summed E-state index contributed by atoms with van der Waals surface area (Å²) < 4.78 is 0.822. The van der Waals surface area contributed by atoms with Crippen molar-refractivity contribution in [3.05, 3.63) is 22.3 Å². The third-order valence-electron chi connectivity index (χ3n) is 1.37. The first-order valence-electron chi connectivity index (χ1n) is 3.20. The van der Waals surface area contributed by atoms with Crippen molar-refractivity contribution in [2.45, 2.75) is 13.0 Å². The number of nitrogen functional groups attached to an aromatic ring is 1. The van der Waals surface area contributed by atoms with E-state index in [4.69, 9.17) is 5.73 Å². The Labute approximate surface area is 73.4 Å². The van der Waals surface area contributed by atoms with Crippen molar-refractivity contribution >= 4 is 21.7 Å². The van der Waals surface area contributed by atoms with Gasteiger partial charge in [0.15, 0.2) is 0 Å². The van der Waals surface area contributed by atoms with E-state index in [2.05, 4.69) is 20.9 Å². The molecule has 3 N–H and O–H groups in total. The third-order valence-corrected chi connectivity index (χ3v) is 1.80. The molecule has 0 saturated heterocycles. The number of halogens is 1. The molecule has 1 aromatic rings. The van der Waals surface area contributed by atoms with Gasteiger partial charge in [0.05, 0.1) is 6.10 Å². The molecule has 0 saturated carbocycles. The van der Waals surface area contributed by atoms with Crippen LogP contribution in [-0.4, -0.2) is 10.1 Å². The molecule has 11 heavy (non-hydrogen) atoms. The Morgan fingerprint density at radius 2 is 2.36 bits per heavy atom. The average molecular weight is 217 g/mol. The largest absolute Gasteiger partial charge is 0.389 e. The van der Waals surface area contributed by atoms with Crippen LogP contribution in [0.5, 0.6) is 0 Å². The lowest BCUT2D eigenvalue weighted by atomic mass is 10.2. The van der Waals surface area contributed by atoms with Gasteiger partial charge in [0.2, 0.25) is 0 Å². The maximum Gasteiger partial charge on any atom is 0.129 e. The summed E-state index contributed by atoms with van der Waals surface area (Å²) in [5.74, 6) is 0.378. The van der Waals surface area contributed by atoms with Crippen molar-refractivity contribution in [2.24, 2.45) is 0 Å². The Bertz CT molecular complexity index is 263. The molecule has 0 aliphatic carbocycles. The molecule has 4 heteroatoms. The fourth-order valence-electron chi connectivity index (χ4n) is 0.800. The molecule has 0 amide bonds. The van der Waals surface area contributed by atoms with Crippen molar-refractivity contribution in [3.63, 3.8) is 0 Å². The van der Waals surface area contributed by atoms with E-state index in [9.17, 15) is 5.11 Å². The molecule has 3 nitrogen and oxygen atoms in total. The number of rotatable bonds is 1. The van der Waals surface area contributed by atoms with E-state index in [-0.39, 0.29) is 0 Å². The van der Waals surface area contributed by atoms with Gasteiger partial charge in [-0.2, -0.15) is 0 Å². The fraction of sp³-hybridized carbons (Fsp3) is 0.286. The van der Waals surface area contributed by atoms with Crippen LogP contribution in [0.1, 0.15) is 18.6 Å². The van der Waals surface area contributed by atoms with E-state index in [0.29, 0.717) is 11.4 Å². The van der Waals surface area contributed by atoms with Gasteiger partial charge in [-0.1, -0.05) is 0 Å². The molecule has 1 rings (SSSR count). The maximum atomic E-state index is 9.19. The molecule has 0 aliphatic rings. The first-order valence-corrected chi connectivity index (χ1v) is 3.99. The first kappa shape index (κ1) is 8.49. The zero-order valence-corrected chi connectivity index (χ0v) is 7.67. The molecule has 0 fully saturated rings. The van der Waals surface area contributed by atoms with Crippen LogP contribution in [0, 0.1) is 0 Å². The summed E-state index contributed by atoms with van der Waals surface area (Å²) in [6.45, 7) is 1.65. The lowest BCUT2D eigenvalue weighted by Gasteiger charge is -2.06. The number of aliphatic hydroxyl groups excluding tert-OH is 1. The van der Waals surface area contributed by atoms with E-state index in [1.807, 2.05) is 0 Å². The van der Waals surface area contributed by atoms with Gasteiger partial charge in [-0.25, -0.2) is 4.98 Å². The van der Waals surface area contributed by atoms with Crippen LogP contribution in [0.2, 0.25) is 0 Å². The lowest BCUT2D eigenvalue weighted by molar-refractivity contribution is 0.199. The van der Waals surface area contributed by atoms with Gasteiger partial charge in [0, 0.05) is 16.2 Å². The minimum atomic E-state index is -0.569. The second-order valence-corrected chi connectivity index (χ2v) is 3.22.